The number of thioether (sulfide) groups is 1. The highest BCUT2D eigenvalue weighted by atomic mass is 35.5. The van der Waals surface area contributed by atoms with E-state index in [9.17, 15) is 27.9 Å². The third-order valence-corrected chi connectivity index (χ3v) is 8.96. The quantitative estimate of drug-likeness (QED) is 0.137. The van der Waals surface area contributed by atoms with E-state index in [0.29, 0.717) is 58.8 Å². The van der Waals surface area contributed by atoms with Gasteiger partial charge in [-0.3, -0.25) is 14.6 Å². The second-order valence-corrected chi connectivity index (χ2v) is 12.5. The third-order valence-electron chi connectivity index (χ3n) is 7.25. The molecule has 1 N–H and O–H groups in total. The predicted molar refractivity (Wildman–Crippen MR) is 171 cm³/mol. The molecule has 1 amide bonds. The Morgan fingerprint density at radius 2 is 1.89 bits per heavy atom. The molecule has 0 saturated carbocycles. The smallest absolute Gasteiger partial charge is 0.416 e. The lowest BCUT2D eigenvalue weighted by Gasteiger charge is -2.27. The van der Waals surface area contributed by atoms with Crippen molar-refractivity contribution in [1.29, 1.82) is 0 Å². The van der Waals surface area contributed by atoms with E-state index < -0.39 is 17.7 Å². The average molecular weight is 677 g/mol. The van der Waals surface area contributed by atoms with Crippen LogP contribution >= 0.6 is 35.6 Å². The van der Waals surface area contributed by atoms with Gasteiger partial charge < -0.3 is 14.6 Å². The highest BCUT2D eigenvalue weighted by Gasteiger charge is 2.32. The standard InChI is InChI=1S/C32H28ClF3N2O5S2/c33-26-7-6-24(32(34,35)36)18-25(26)21-4-1-3-20(15-21)16-28-29(39)38(31(44)45-28)9-2-12-43-27-8-5-22(30(40)41)17-23(27)19-37-10-13-42-14-11-37/h1,3-8,15-18H,2,9-14,19H2,(H,40,41). The van der Waals surface area contributed by atoms with Gasteiger partial charge in [-0.05, 0) is 66.1 Å². The molecule has 13 heteroatoms. The molecule has 5 rings (SSSR count). The predicted octanol–water partition coefficient (Wildman–Crippen LogP) is 7.23. The number of carbonyl (C=O) groups is 2. The summed E-state index contributed by atoms with van der Waals surface area (Å²) in [6.45, 7) is 3.82. The summed E-state index contributed by atoms with van der Waals surface area (Å²) in [7, 11) is 0. The zero-order valence-electron chi connectivity index (χ0n) is 23.8. The Labute approximate surface area is 272 Å². The third kappa shape index (κ3) is 8.25. The molecule has 2 aliphatic rings. The van der Waals surface area contributed by atoms with E-state index in [1.54, 1.807) is 42.5 Å². The van der Waals surface area contributed by atoms with Crippen molar-refractivity contribution in [3.05, 3.63) is 92.8 Å². The Bertz CT molecular complexity index is 1640. The summed E-state index contributed by atoms with van der Waals surface area (Å²) < 4.78 is 51.7. The molecule has 3 aromatic carbocycles. The van der Waals surface area contributed by atoms with Crippen LogP contribution in [0, 0.1) is 0 Å². The lowest BCUT2D eigenvalue weighted by Crippen LogP contribution is -2.35. The maximum absolute atomic E-state index is 13.3. The number of amides is 1. The van der Waals surface area contributed by atoms with Gasteiger partial charge in [0.05, 0.1) is 35.9 Å². The molecule has 0 bridgehead atoms. The molecule has 0 atom stereocenters. The minimum Gasteiger partial charge on any atom is -0.493 e. The number of halogens is 4. The van der Waals surface area contributed by atoms with E-state index in [1.807, 2.05) is 0 Å². The van der Waals surface area contributed by atoms with Crippen molar-refractivity contribution in [2.24, 2.45) is 0 Å². The molecule has 0 radical (unpaired) electrons. The molecule has 236 valence electrons. The molecule has 7 nitrogen and oxygen atoms in total. The first-order valence-electron chi connectivity index (χ1n) is 14.0. The van der Waals surface area contributed by atoms with E-state index >= 15 is 0 Å². The fraction of sp³-hybridized carbons (Fsp3) is 0.281. The normalized spacial score (nSPS) is 16.9. The number of alkyl halides is 3. The molecule has 2 heterocycles. The van der Waals surface area contributed by atoms with Crippen molar-refractivity contribution in [2.45, 2.75) is 19.1 Å². The van der Waals surface area contributed by atoms with Crippen LogP contribution in [-0.2, 0) is 22.3 Å². The second kappa shape index (κ2) is 14.3. The van der Waals surface area contributed by atoms with Gasteiger partial charge in [0, 0.05) is 42.3 Å². The summed E-state index contributed by atoms with van der Waals surface area (Å²) in [5.41, 5.74) is 1.47. The zero-order valence-corrected chi connectivity index (χ0v) is 26.2. The molecular weight excluding hydrogens is 649 g/mol. The van der Waals surface area contributed by atoms with E-state index in [1.165, 1.54) is 17.0 Å². The minimum absolute atomic E-state index is 0.179. The maximum Gasteiger partial charge on any atom is 0.416 e. The van der Waals surface area contributed by atoms with Crippen molar-refractivity contribution in [2.75, 3.05) is 39.5 Å². The number of thiocarbonyl (C=S) groups is 1. The molecule has 45 heavy (non-hydrogen) atoms. The summed E-state index contributed by atoms with van der Waals surface area (Å²) in [5.74, 6) is -0.706. The van der Waals surface area contributed by atoms with Crippen LogP contribution in [0.4, 0.5) is 13.2 Å². The maximum atomic E-state index is 13.3. The van der Waals surface area contributed by atoms with Crippen LogP contribution in [0.25, 0.3) is 17.2 Å². The van der Waals surface area contributed by atoms with Gasteiger partial charge >= 0.3 is 12.1 Å². The van der Waals surface area contributed by atoms with Gasteiger partial charge in [0.1, 0.15) is 10.1 Å². The van der Waals surface area contributed by atoms with Crippen LogP contribution in [0.2, 0.25) is 5.02 Å². The Morgan fingerprint density at radius 3 is 2.62 bits per heavy atom. The summed E-state index contributed by atoms with van der Waals surface area (Å²) in [6.07, 6.45) is -2.38. The van der Waals surface area contributed by atoms with Crippen LogP contribution in [0.15, 0.2) is 65.6 Å². The molecule has 3 aromatic rings. The van der Waals surface area contributed by atoms with Gasteiger partial charge in [-0.2, -0.15) is 13.2 Å². The largest absolute Gasteiger partial charge is 0.493 e. The van der Waals surface area contributed by atoms with Crippen molar-refractivity contribution < 1.29 is 37.3 Å². The number of hydrogen-bond donors (Lipinski definition) is 1. The van der Waals surface area contributed by atoms with Gasteiger partial charge in [-0.1, -0.05) is 53.8 Å². The van der Waals surface area contributed by atoms with Gasteiger partial charge in [0.2, 0.25) is 0 Å². The SMILES string of the molecule is O=C(O)c1ccc(OCCCN2C(=O)C(=Cc3cccc(-c4cc(C(F)(F)F)ccc4Cl)c3)SC2=S)c(CN2CCOCC2)c1. The molecule has 0 unspecified atom stereocenters. The van der Waals surface area contributed by atoms with Crippen LogP contribution in [-0.4, -0.2) is 70.6 Å². The number of benzene rings is 3. The van der Waals surface area contributed by atoms with E-state index in [0.717, 1.165) is 42.5 Å². The number of carboxylic acid groups (broad SMARTS) is 1. The van der Waals surface area contributed by atoms with Gasteiger partial charge in [-0.15, -0.1) is 0 Å². The molecule has 0 spiro atoms. The van der Waals surface area contributed by atoms with Crippen LogP contribution < -0.4 is 4.74 Å². The fourth-order valence-corrected chi connectivity index (χ4v) is 6.48. The topological polar surface area (TPSA) is 79.3 Å². The molecular formula is C32H28ClF3N2O5S2. The number of morpholine rings is 1. The highest BCUT2D eigenvalue weighted by Crippen LogP contribution is 2.37. The molecule has 2 saturated heterocycles. The Kier molecular flexibility index (Phi) is 10.5. The Balaban J connectivity index is 1.22. The lowest BCUT2D eigenvalue weighted by atomic mass is 10.0. The number of carbonyl (C=O) groups excluding carboxylic acids is 1. The molecule has 2 fully saturated rings. The number of rotatable bonds is 10. The molecule has 2 aliphatic heterocycles. The van der Waals surface area contributed by atoms with E-state index in [-0.39, 0.29) is 28.7 Å². The van der Waals surface area contributed by atoms with Crippen LogP contribution in [0.1, 0.15) is 33.5 Å². The summed E-state index contributed by atoms with van der Waals surface area (Å²) in [5, 5.41) is 9.63. The number of hydrogen-bond acceptors (Lipinski definition) is 7. The van der Waals surface area contributed by atoms with Crippen molar-refractivity contribution >= 4 is 57.9 Å². The summed E-state index contributed by atoms with van der Waals surface area (Å²) >= 11 is 12.8. The second-order valence-electron chi connectivity index (χ2n) is 10.4. The number of carboxylic acids is 1. The Hall–Kier alpha value is -3.42. The summed E-state index contributed by atoms with van der Waals surface area (Å²) in [6, 6.07) is 14.7. The number of nitrogens with zero attached hydrogens (tertiary/aromatic N) is 2. The summed E-state index contributed by atoms with van der Waals surface area (Å²) in [4.78, 5) is 28.8. The monoisotopic (exact) mass is 676 g/mol. The van der Waals surface area contributed by atoms with Crippen molar-refractivity contribution in [3.63, 3.8) is 0 Å². The van der Waals surface area contributed by atoms with Crippen LogP contribution in [0.3, 0.4) is 0 Å². The minimum atomic E-state index is -4.51. The fourth-order valence-electron chi connectivity index (χ4n) is 4.94. The lowest BCUT2D eigenvalue weighted by molar-refractivity contribution is -0.137. The molecule has 0 aromatic heterocycles. The van der Waals surface area contributed by atoms with Crippen molar-refractivity contribution in [1.82, 2.24) is 9.80 Å². The van der Waals surface area contributed by atoms with Crippen LogP contribution in [0.5, 0.6) is 5.75 Å². The van der Waals surface area contributed by atoms with Crippen molar-refractivity contribution in [3.8, 4) is 16.9 Å². The average Bonchev–Trinajstić information content (AvgIpc) is 3.27. The van der Waals surface area contributed by atoms with Gasteiger partial charge in [-0.25, -0.2) is 4.79 Å². The Morgan fingerprint density at radius 1 is 1.11 bits per heavy atom. The first-order valence-corrected chi connectivity index (χ1v) is 15.6. The van der Waals surface area contributed by atoms with E-state index in [4.69, 9.17) is 33.3 Å². The van der Waals surface area contributed by atoms with Gasteiger partial charge in [0.25, 0.3) is 5.91 Å². The number of aromatic carboxylic acids is 1. The zero-order chi connectivity index (χ0) is 32.1. The number of ether oxygens (including phenoxy) is 2. The first kappa shape index (κ1) is 33.0. The highest BCUT2D eigenvalue weighted by molar-refractivity contribution is 8.26. The first-order chi connectivity index (χ1) is 21.5. The van der Waals surface area contributed by atoms with E-state index in [2.05, 4.69) is 4.90 Å². The van der Waals surface area contributed by atoms with Gasteiger partial charge in [0.15, 0.2) is 0 Å². The molecule has 0 aliphatic carbocycles.